The number of nitrogens with two attached hydrogens (primary N) is 1. The number of hydrogen-bond donors (Lipinski definition) is 1. The van der Waals surface area contributed by atoms with E-state index in [4.69, 9.17) is 17.3 Å². The molecule has 0 aliphatic carbocycles. The van der Waals surface area contributed by atoms with Crippen molar-refractivity contribution in [2.24, 2.45) is 0 Å². The van der Waals surface area contributed by atoms with Crippen molar-refractivity contribution < 1.29 is 8.42 Å². The molecule has 1 aromatic carbocycles. The normalized spacial score (nSPS) is 11.7. The highest BCUT2D eigenvalue weighted by Crippen LogP contribution is 2.27. The molecule has 1 heterocycles. The summed E-state index contributed by atoms with van der Waals surface area (Å²) in [6.45, 7) is 1.82. The predicted octanol–water partition coefficient (Wildman–Crippen LogP) is 2.66. The molecule has 7 heteroatoms. The third-order valence-corrected chi connectivity index (χ3v) is 5.52. The average Bonchev–Trinajstić information content (AvgIpc) is 2.66. The van der Waals surface area contributed by atoms with Gasteiger partial charge in [0.2, 0.25) is 0 Å². The molecule has 0 spiro atoms. The second-order valence-corrected chi connectivity index (χ2v) is 7.14. The Morgan fingerprint density at radius 3 is 2.78 bits per heavy atom. The van der Waals surface area contributed by atoms with Gasteiger partial charge in [0.05, 0.1) is 9.92 Å². The summed E-state index contributed by atoms with van der Waals surface area (Å²) in [6, 6.07) is 4.42. The summed E-state index contributed by atoms with van der Waals surface area (Å²) in [6.07, 6.45) is 0. The number of thiazole rings is 1. The molecule has 2 N–H and O–H groups in total. The van der Waals surface area contributed by atoms with Crippen molar-refractivity contribution in [1.29, 1.82) is 0 Å². The summed E-state index contributed by atoms with van der Waals surface area (Å²) in [5, 5.41) is 2.54. The second-order valence-electron chi connectivity index (χ2n) is 3.83. The average molecular weight is 303 g/mol. The van der Waals surface area contributed by atoms with Crippen LogP contribution in [0.3, 0.4) is 0 Å². The van der Waals surface area contributed by atoms with Gasteiger partial charge < -0.3 is 5.73 Å². The Labute approximate surface area is 114 Å². The Balaban J connectivity index is 2.39. The molecule has 4 nitrogen and oxygen atoms in total. The summed E-state index contributed by atoms with van der Waals surface area (Å²) in [5.41, 5.74) is 6.76. The van der Waals surface area contributed by atoms with Gasteiger partial charge in [0.25, 0.3) is 0 Å². The van der Waals surface area contributed by atoms with E-state index in [0.29, 0.717) is 10.7 Å². The molecular weight excluding hydrogens is 292 g/mol. The van der Waals surface area contributed by atoms with Gasteiger partial charge in [-0.25, -0.2) is 13.4 Å². The van der Waals surface area contributed by atoms with Crippen LogP contribution < -0.4 is 5.73 Å². The summed E-state index contributed by atoms with van der Waals surface area (Å²) < 4.78 is 24.4. The first kappa shape index (κ1) is 13.3. The number of aromatic nitrogens is 1. The Kier molecular flexibility index (Phi) is 3.61. The molecular formula is C11H11ClN2O2S2. The molecule has 0 unspecified atom stereocenters. The number of rotatable bonds is 3. The standard InChI is InChI=1S/C11H11ClN2O2S2/c1-7-5-17-11(14-7)6-18(15,16)10-4-8(13)2-3-9(10)12/h2-5H,6,13H2,1H3. The van der Waals surface area contributed by atoms with Crippen LogP contribution in [0.25, 0.3) is 0 Å². The van der Waals surface area contributed by atoms with Crippen LogP contribution in [0.15, 0.2) is 28.5 Å². The van der Waals surface area contributed by atoms with Crippen LogP contribution >= 0.6 is 22.9 Å². The number of sulfone groups is 1. The van der Waals surface area contributed by atoms with Crippen molar-refractivity contribution in [3.05, 3.63) is 39.3 Å². The Morgan fingerprint density at radius 1 is 1.44 bits per heavy atom. The second kappa shape index (κ2) is 4.87. The van der Waals surface area contributed by atoms with E-state index in [-0.39, 0.29) is 15.7 Å². The Bertz CT molecular complexity index is 680. The van der Waals surface area contributed by atoms with E-state index in [1.54, 1.807) is 6.07 Å². The summed E-state index contributed by atoms with van der Waals surface area (Å²) in [5.74, 6) is -0.158. The van der Waals surface area contributed by atoms with Gasteiger partial charge in [0, 0.05) is 16.8 Å². The van der Waals surface area contributed by atoms with Crippen molar-refractivity contribution in [2.45, 2.75) is 17.6 Å². The van der Waals surface area contributed by atoms with E-state index in [0.717, 1.165) is 5.69 Å². The molecule has 2 aromatic rings. The van der Waals surface area contributed by atoms with Gasteiger partial charge in [-0.05, 0) is 25.1 Å². The van der Waals surface area contributed by atoms with Gasteiger partial charge in [-0.3, -0.25) is 0 Å². The van der Waals surface area contributed by atoms with Crippen LogP contribution in [-0.2, 0) is 15.6 Å². The molecule has 0 radical (unpaired) electrons. The molecule has 1 aromatic heterocycles. The van der Waals surface area contributed by atoms with Crippen molar-refractivity contribution in [3.8, 4) is 0 Å². The van der Waals surface area contributed by atoms with Crippen LogP contribution in [0, 0.1) is 6.92 Å². The molecule has 96 valence electrons. The van der Waals surface area contributed by atoms with Crippen molar-refractivity contribution in [3.63, 3.8) is 0 Å². The van der Waals surface area contributed by atoms with Crippen LogP contribution in [0.1, 0.15) is 10.7 Å². The monoisotopic (exact) mass is 302 g/mol. The molecule has 2 rings (SSSR count). The number of anilines is 1. The highest BCUT2D eigenvalue weighted by atomic mass is 35.5. The lowest BCUT2D eigenvalue weighted by Crippen LogP contribution is -2.06. The molecule has 0 aliphatic heterocycles. The Morgan fingerprint density at radius 2 is 2.17 bits per heavy atom. The zero-order chi connectivity index (χ0) is 13.3. The van der Waals surface area contributed by atoms with E-state index in [2.05, 4.69) is 4.98 Å². The van der Waals surface area contributed by atoms with E-state index in [1.807, 2.05) is 12.3 Å². The number of benzene rings is 1. The maximum Gasteiger partial charge on any atom is 0.186 e. The lowest BCUT2D eigenvalue weighted by atomic mass is 10.3. The maximum atomic E-state index is 12.2. The first-order chi connectivity index (χ1) is 8.38. The van der Waals surface area contributed by atoms with E-state index < -0.39 is 9.84 Å². The minimum absolute atomic E-state index is 0.0528. The topological polar surface area (TPSA) is 73.0 Å². The number of hydrogen-bond acceptors (Lipinski definition) is 5. The highest BCUT2D eigenvalue weighted by Gasteiger charge is 2.20. The van der Waals surface area contributed by atoms with E-state index >= 15 is 0 Å². The minimum Gasteiger partial charge on any atom is -0.399 e. The highest BCUT2D eigenvalue weighted by molar-refractivity contribution is 7.90. The smallest absolute Gasteiger partial charge is 0.186 e. The third kappa shape index (κ3) is 2.82. The SMILES string of the molecule is Cc1csc(CS(=O)(=O)c2cc(N)ccc2Cl)n1. The first-order valence-electron chi connectivity index (χ1n) is 5.07. The van der Waals surface area contributed by atoms with Crippen LogP contribution in [0.2, 0.25) is 5.02 Å². The number of nitrogens with zero attached hydrogens (tertiary/aromatic N) is 1. The molecule has 0 amide bonds. The fourth-order valence-corrected chi connectivity index (χ4v) is 4.46. The van der Waals surface area contributed by atoms with Gasteiger partial charge in [0.1, 0.15) is 10.8 Å². The molecule has 0 saturated heterocycles. The fourth-order valence-electron chi connectivity index (χ4n) is 1.47. The van der Waals surface area contributed by atoms with Crippen molar-refractivity contribution in [1.82, 2.24) is 4.98 Å². The van der Waals surface area contributed by atoms with Crippen molar-refractivity contribution >= 4 is 38.5 Å². The largest absolute Gasteiger partial charge is 0.399 e. The fraction of sp³-hybridized carbons (Fsp3) is 0.182. The number of aryl methyl sites for hydroxylation is 1. The predicted molar refractivity (Wildman–Crippen MR) is 73.6 cm³/mol. The molecule has 0 fully saturated rings. The zero-order valence-corrected chi connectivity index (χ0v) is 11.9. The molecule has 0 atom stereocenters. The molecule has 0 aliphatic rings. The minimum atomic E-state index is -3.52. The van der Waals surface area contributed by atoms with Gasteiger partial charge in [-0.1, -0.05) is 11.6 Å². The summed E-state index contributed by atoms with van der Waals surface area (Å²) >= 11 is 7.22. The summed E-state index contributed by atoms with van der Waals surface area (Å²) in [7, 11) is -3.52. The lowest BCUT2D eigenvalue weighted by Gasteiger charge is -2.05. The molecule has 0 saturated carbocycles. The zero-order valence-electron chi connectivity index (χ0n) is 9.55. The third-order valence-electron chi connectivity index (χ3n) is 2.27. The van der Waals surface area contributed by atoms with Crippen LogP contribution in [-0.4, -0.2) is 13.4 Å². The van der Waals surface area contributed by atoms with E-state index in [9.17, 15) is 8.42 Å². The number of nitrogen functional groups attached to an aromatic ring is 1. The van der Waals surface area contributed by atoms with Gasteiger partial charge in [0.15, 0.2) is 9.84 Å². The molecule has 18 heavy (non-hydrogen) atoms. The van der Waals surface area contributed by atoms with Crippen LogP contribution in [0.4, 0.5) is 5.69 Å². The van der Waals surface area contributed by atoms with Gasteiger partial charge in [-0.2, -0.15) is 0 Å². The van der Waals surface area contributed by atoms with Crippen molar-refractivity contribution in [2.75, 3.05) is 5.73 Å². The van der Waals surface area contributed by atoms with Gasteiger partial charge >= 0.3 is 0 Å². The maximum absolute atomic E-state index is 12.2. The first-order valence-corrected chi connectivity index (χ1v) is 7.98. The Hall–Kier alpha value is -1.11. The number of halogens is 1. The van der Waals surface area contributed by atoms with E-state index in [1.165, 1.54) is 23.5 Å². The summed E-state index contributed by atoms with van der Waals surface area (Å²) in [4.78, 5) is 4.19. The van der Waals surface area contributed by atoms with Gasteiger partial charge in [-0.15, -0.1) is 11.3 Å². The lowest BCUT2D eigenvalue weighted by molar-refractivity contribution is 0.595. The molecule has 0 bridgehead atoms. The quantitative estimate of drug-likeness (QED) is 0.885. The van der Waals surface area contributed by atoms with Crippen LogP contribution in [0.5, 0.6) is 0 Å².